The topological polar surface area (TPSA) is 96.0 Å². The maximum Gasteiger partial charge on any atom is 0.264 e. The monoisotopic (exact) mass is 605 g/mol. The van der Waals surface area contributed by atoms with Crippen molar-refractivity contribution in [3.8, 4) is 5.75 Å². The SMILES string of the molecule is CCC(C)NC(=O)C(C)N(Cc1ccc(Cl)cc1Cl)C(=O)CN(c1ccccc1)S(=O)(=O)c1ccc(OC)cc1. The number of carbonyl (C=O) groups is 2. The van der Waals surface area contributed by atoms with E-state index in [0.717, 1.165) is 4.31 Å². The first-order valence-electron chi connectivity index (χ1n) is 12.7. The molecule has 0 bridgehead atoms. The average Bonchev–Trinajstić information content (AvgIpc) is 2.95. The highest BCUT2D eigenvalue weighted by atomic mass is 35.5. The number of rotatable bonds is 12. The van der Waals surface area contributed by atoms with E-state index in [4.69, 9.17) is 27.9 Å². The maximum absolute atomic E-state index is 13.9. The minimum Gasteiger partial charge on any atom is -0.497 e. The van der Waals surface area contributed by atoms with Gasteiger partial charge < -0.3 is 15.0 Å². The molecule has 0 heterocycles. The summed E-state index contributed by atoms with van der Waals surface area (Å²) in [6, 6.07) is 18.1. The van der Waals surface area contributed by atoms with Crippen molar-refractivity contribution in [1.82, 2.24) is 10.2 Å². The lowest BCUT2D eigenvalue weighted by Crippen LogP contribution is -2.52. The predicted molar refractivity (Wildman–Crippen MR) is 158 cm³/mol. The molecule has 2 unspecified atom stereocenters. The number of ether oxygens (including phenoxy) is 1. The molecule has 0 aliphatic heterocycles. The summed E-state index contributed by atoms with van der Waals surface area (Å²) in [4.78, 5) is 28.4. The van der Waals surface area contributed by atoms with Crippen LogP contribution in [-0.2, 0) is 26.2 Å². The Morgan fingerprint density at radius 1 is 0.975 bits per heavy atom. The standard InChI is InChI=1S/C29H33Cl2N3O5S/c1-5-20(2)32-29(36)21(3)33(18-22-11-12-23(30)17-27(22)31)28(35)19-34(24-9-7-6-8-10-24)40(37,38)26-15-13-25(39-4)14-16-26/h6-17,20-21H,5,18-19H2,1-4H3,(H,32,36). The number of amides is 2. The van der Waals surface area contributed by atoms with Gasteiger partial charge in [0.05, 0.1) is 17.7 Å². The van der Waals surface area contributed by atoms with Gasteiger partial charge in [-0.1, -0.05) is 54.4 Å². The third kappa shape index (κ3) is 7.68. The molecule has 2 amide bonds. The number of methoxy groups -OCH3 is 1. The number of para-hydroxylation sites is 1. The van der Waals surface area contributed by atoms with Crippen molar-refractivity contribution in [3.63, 3.8) is 0 Å². The van der Waals surface area contributed by atoms with Gasteiger partial charge in [-0.3, -0.25) is 13.9 Å². The van der Waals surface area contributed by atoms with Crippen LogP contribution in [0.15, 0.2) is 77.7 Å². The number of hydrogen-bond acceptors (Lipinski definition) is 5. The highest BCUT2D eigenvalue weighted by Crippen LogP contribution is 2.27. The lowest BCUT2D eigenvalue weighted by Gasteiger charge is -2.32. The van der Waals surface area contributed by atoms with Crippen LogP contribution in [0, 0.1) is 0 Å². The van der Waals surface area contributed by atoms with Gasteiger partial charge in [-0.2, -0.15) is 0 Å². The van der Waals surface area contributed by atoms with Crippen molar-refractivity contribution in [2.24, 2.45) is 0 Å². The Morgan fingerprint density at radius 2 is 1.62 bits per heavy atom. The molecule has 3 aromatic rings. The van der Waals surface area contributed by atoms with Gasteiger partial charge in [0.2, 0.25) is 11.8 Å². The van der Waals surface area contributed by atoms with Crippen LogP contribution in [0.1, 0.15) is 32.8 Å². The van der Waals surface area contributed by atoms with Crippen LogP contribution in [0.4, 0.5) is 5.69 Å². The Hall–Kier alpha value is -3.27. The molecule has 40 heavy (non-hydrogen) atoms. The van der Waals surface area contributed by atoms with E-state index in [1.165, 1.54) is 36.3 Å². The first kappa shape index (κ1) is 31.3. The second-order valence-electron chi connectivity index (χ2n) is 9.27. The van der Waals surface area contributed by atoms with Crippen molar-refractivity contribution in [2.45, 2.75) is 50.7 Å². The Bertz CT molecular complexity index is 1420. The Kier molecular flexibility index (Phi) is 10.8. The molecule has 0 saturated carbocycles. The summed E-state index contributed by atoms with van der Waals surface area (Å²) in [6.07, 6.45) is 0.706. The third-order valence-corrected chi connectivity index (χ3v) is 8.87. The molecule has 0 aliphatic rings. The molecule has 0 radical (unpaired) electrons. The second kappa shape index (κ2) is 13.9. The van der Waals surface area contributed by atoms with Crippen LogP contribution >= 0.6 is 23.2 Å². The fraction of sp³-hybridized carbons (Fsp3) is 0.310. The Labute approximate surface area is 245 Å². The quantitative estimate of drug-likeness (QED) is 0.293. The van der Waals surface area contributed by atoms with E-state index in [1.54, 1.807) is 55.5 Å². The second-order valence-corrected chi connectivity index (χ2v) is 12.0. The summed E-state index contributed by atoms with van der Waals surface area (Å²) in [7, 11) is -2.69. The number of carbonyl (C=O) groups excluding carboxylic acids is 2. The van der Waals surface area contributed by atoms with Crippen LogP contribution in [0.2, 0.25) is 10.0 Å². The molecule has 3 rings (SSSR count). The zero-order valence-electron chi connectivity index (χ0n) is 22.8. The molecule has 0 saturated heterocycles. The maximum atomic E-state index is 13.9. The molecular formula is C29H33Cl2N3O5S. The average molecular weight is 607 g/mol. The first-order valence-corrected chi connectivity index (χ1v) is 14.9. The summed E-state index contributed by atoms with van der Waals surface area (Å²) in [5.41, 5.74) is 0.861. The van der Waals surface area contributed by atoms with Gasteiger partial charge in [-0.25, -0.2) is 8.42 Å². The van der Waals surface area contributed by atoms with Crippen LogP contribution in [0.3, 0.4) is 0 Å². The highest BCUT2D eigenvalue weighted by molar-refractivity contribution is 7.92. The predicted octanol–water partition coefficient (Wildman–Crippen LogP) is 5.53. The number of halogens is 2. The smallest absolute Gasteiger partial charge is 0.264 e. The molecule has 214 valence electrons. The van der Waals surface area contributed by atoms with Gasteiger partial charge in [0.25, 0.3) is 10.0 Å². The van der Waals surface area contributed by atoms with Crippen molar-refractivity contribution < 1.29 is 22.7 Å². The molecule has 11 heteroatoms. The molecule has 0 aliphatic carbocycles. The van der Waals surface area contributed by atoms with E-state index in [2.05, 4.69) is 5.32 Å². The third-order valence-electron chi connectivity index (χ3n) is 6.49. The molecule has 0 aromatic heterocycles. The van der Waals surface area contributed by atoms with E-state index in [0.29, 0.717) is 33.5 Å². The van der Waals surface area contributed by atoms with E-state index >= 15 is 0 Å². The van der Waals surface area contributed by atoms with Gasteiger partial charge >= 0.3 is 0 Å². The summed E-state index contributed by atoms with van der Waals surface area (Å²) in [6.45, 7) is 4.82. The number of sulfonamides is 1. The van der Waals surface area contributed by atoms with Crippen LogP contribution < -0.4 is 14.4 Å². The number of benzene rings is 3. The van der Waals surface area contributed by atoms with Gasteiger partial charge in [-0.05, 0) is 74.4 Å². The van der Waals surface area contributed by atoms with E-state index in [-0.39, 0.29) is 23.4 Å². The molecule has 8 nitrogen and oxygen atoms in total. The minimum absolute atomic E-state index is 0.0141. The zero-order chi connectivity index (χ0) is 29.4. The summed E-state index contributed by atoms with van der Waals surface area (Å²) in [5.74, 6) is -0.454. The largest absolute Gasteiger partial charge is 0.497 e. The van der Waals surface area contributed by atoms with Gasteiger partial charge in [-0.15, -0.1) is 0 Å². The molecule has 3 aromatic carbocycles. The molecule has 0 spiro atoms. The Morgan fingerprint density at radius 3 is 2.20 bits per heavy atom. The zero-order valence-corrected chi connectivity index (χ0v) is 25.1. The fourth-order valence-corrected chi connectivity index (χ4v) is 5.76. The summed E-state index contributed by atoms with van der Waals surface area (Å²) < 4.78 is 33.8. The van der Waals surface area contributed by atoms with Crippen molar-refractivity contribution in [3.05, 3.63) is 88.4 Å². The van der Waals surface area contributed by atoms with Crippen LogP contribution in [-0.4, -0.2) is 50.9 Å². The summed E-state index contributed by atoms with van der Waals surface area (Å²) >= 11 is 12.5. The molecular weight excluding hydrogens is 573 g/mol. The van der Waals surface area contributed by atoms with Crippen LogP contribution in [0.5, 0.6) is 5.75 Å². The number of anilines is 1. The van der Waals surface area contributed by atoms with Crippen molar-refractivity contribution in [2.75, 3.05) is 18.0 Å². The van der Waals surface area contributed by atoms with Crippen molar-refractivity contribution >= 4 is 50.7 Å². The first-order chi connectivity index (χ1) is 19.0. The van der Waals surface area contributed by atoms with Crippen LogP contribution in [0.25, 0.3) is 0 Å². The van der Waals surface area contributed by atoms with E-state index < -0.39 is 28.5 Å². The lowest BCUT2D eigenvalue weighted by atomic mass is 10.1. The normalized spacial score (nSPS) is 12.8. The van der Waals surface area contributed by atoms with Gasteiger partial charge in [0.1, 0.15) is 18.3 Å². The van der Waals surface area contributed by atoms with Gasteiger partial charge in [0, 0.05) is 22.6 Å². The number of nitrogens with one attached hydrogen (secondary N) is 1. The lowest BCUT2D eigenvalue weighted by molar-refractivity contribution is -0.139. The van der Waals surface area contributed by atoms with E-state index in [1.807, 2.05) is 13.8 Å². The van der Waals surface area contributed by atoms with Crippen molar-refractivity contribution in [1.29, 1.82) is 0 Å². The molecule has 1 N–H and O–H groups in total. The Balaban J connectivity index is 2.02. The molecule has 2 atom stereocenters. The minimum atomic E-state index is -4.18. The highest BCUT2D eigenvalue weighted by Gasteiger charge is 2.33. The molecule has 0 fully saturated rings. The fourth-order valence-electron chi connectivity index (χ4n) is 3.88. The number of hydrogen-bond donors (Lipinski definition) is 1. The van der Waals surface area contributed by atoms with Gasteiger partial charge in [0.15, 0.2) is 0 Å². The number of nitrogens with zero attached hydrogens (tertiary/aromatic N) is 2. The van der Waals surface area contributed by atoms with E-state index in [9.17, 15) is 18.0 Å². The summed E-state index contributed by atoms with van der Waals surface area (Å²) in [5, 5.41) is 3.65.